The van der Waals surface area contributed by atoms with Crippen molar-refractivity contribution in [1.82, 2.24) is 0 Å². The smallest absolute Gasteiger partial charge is 0.0715 e. The maximum atomic E-state index is 5.01. The molecule has 0 aromatic heterocycles. The minimum Gasteiger partial charge on any atom is -0.380 e. The summed E-state index contributed by atoms with van der Waals surface area (Å²) < 4.78 is 5.01. The van der Waals surface area contributed by atoms with Crippen molar-refractivity contribution in [3.05, 3.63) is 35.4 Å². The fourth-order valence-corrected chi connectivity index (χ4v) is 0.928. The van der Waals surface area contributed by atoms with E-state index in [9.17, 15) is 0 Å². The molecule has 0 unspecified atom stereocenters. The van der Waals surface area contributed by atoms with Crippen LogP contribution in [0.1, 0.15) is 11.1 Å². The van der Waals surface area contributed by atoms with Crippen LogP contribution in [0.4, 0.5) is 0 Å². The molecule has 0 N–H and O–H groups in total. The number of rotatable bonds is 2. The molecule has 1 aromatic rings. The Morgan fingerprint density at radius 3 is 2.60 bits per heavy atom. The van der Waals surface area contributed by atoms with E-state index in [1.54, 1.807) is 7.11 Å². The van der Waals surface area contributed by atoms with Gasteiger partial charge >= 0.3 is 0 Å². The quantitative estimate of drug-likeness (QED) is 0.605. The predicted octanol–water partition coefficient (Wildman–Crippen LogP) is 2.14. The van der Waals surface area contributed by atoms with Crippen LogP contribution in [0.15, 0.2) is 24.3 Å². The average Bonchev–Trinajstić information content (AvgIpc) is 1.94. The molecule has 10 heavy (non-hydrogen) atoms. The molecule has 0 aliphatic rings. The van der Waals surface area contributed by atoms with E-state index in [1.165, 1.54) is 11.1 Å². The van der Waals surface area contributed by atoms with Crippen LogP contribution in [0.5, 0.6) is 0 Å². The first-order valence-electron chi connectivity index (χ1n) is 3.38. The Labute approximate surface area is 61.6 Å². The number of methoxy groups -OCH3 is 1. The Bertz CT molecular complexity index is 206. The standard InChI is InChI=1S/C9H12O/c1-8-5-3-4-6-9(8)7-10-2/h3-6H,7H2,1-2H3. The lowest BCUT2D eigenvalue weighted by atomic mass is 10.1. The van der Waals surface area contributed by atoms with Gasteiger partial charge in [0.05, 0.1) is 6.61 Å². The number of aryl methyl sites for hydroxylation is 1. The van der Waals surface area contributed by atoms with Crippen molar-refractivity contribution < 1.29 is 4.74 Å². The van der Waals surface area contributed by atoms with Crippen LogP contribution < -0.4 is 0 Å². The number of ether oxygens (including phenoxy) is 1. The monoisotopic (exact) mass is 136 g/mol. The molecule has 1 aromatic carbocycles. The zero-order valence-electron chi connectivity index (χ0n) is 6.42. The molecule has 0 aliphatic carbocycles. The molecular formula is C9H12O. The Hall–Kier alpha value is -0.820. The van der Waals surface area contributed by atoms with E-state index in [0.717, 1.165) is 0 Å². The largest absolute Gasteiger partial charge is 0.380 e. The average molecular weight is 136 g/mol. The molecule has 1 heteroatoms. The van der Waals surface area contributed by atoms with Gasteiger partial charge in [0.1, 0.15) is 0 Å². The molecule has 1 rings (SSSR count). The zero-order chi connectivity index (χ0) is 7.40. The van der Waals surface area contributed by atoms with E-state index in [4.69, 9.17) is 4.74 Å². The molecule has 0 radical (unpaired) electrons. The van der Waals surface area contributed by atoms with E-state index >= 15 is 0 Å². The second-order valence-corrected chi connectivity index (χ2v) is 2.36. The molecule has 0 fully saturated rings. The van der Waals surface area contributed by atoms with E-state index in [0.29, 0.717) is 6.61 Å². The third-order valence-electron chi connectivity index (χ3n) is 1.56. The predicted molar refractivity (Wildman–Crippen MR) is 41.9 cm³/mol. The van der Waals surface area contributed by atoms with Crippen LogP contribution in [0.3, 0.4) is 0 Å². The molecule has 0 spiro atoms. The lowest BCUT2D eigenvalue weighted by Gasteiger charge is -2.01. The molecule has 1 nitrogen and oxygen atoms in total. The van der Waals surface area contributed by atoms with Gasteiger partial charge in [-0.1, -0.05) is 24.3 Å². The summed E-state index contributed by atoms with van der Waals surface area (Å²) in [7, 11) is 1.71. The first-order valence-corrected chi connectivity index (χ1v) is 3.38. The van der Waals surface area contributed by atoms with Crippen molar-refractivity contribution in [1.29, 1.82) is 0 Å². The molecule has 0 amide bonds. The van der Waals surface area contributed by atoms with Crippen LogP contribution >= 0.6 is 0 Å². The Kier molecular flexibility index (Phi) is 2.46. The SMILES string of the molecule is COCc1ccccc1C. The highest BCUT2D eigenvalue weighted by Gasteiger charge is 1.92. The molecule has 0 aliphatic heterocycles. The van der Waals surface area contributed by atoms with Gasteiger partial charge < -0.3 is 4.74 Å². The first-order chi connectivity index (χ1) is 4.84. The van der Waals surface area contributed by atoms with Crippen LogP contribution in [-0.2, 0) is 11.3 Å². The van der Waals surface area contributed by atoms with Crippen molar-refractivity contribution in [3.8, 4) is 0 Å². The van der Waals surface area contributed by atoms with Crippen LogP contribution in [-0.4, -0.2) is 7.11 Å². The molecule has 54 valence electrons. The highest BCUT2D eigenvalue weighted by molar-refractivity contribution is 5.24. The maximum Gasteiger partial charge on any atom is 0.0715 e. The van der Waals surface area contributed by atoms with E-state index in [2.05, 4.69) is 19.1 Å². The van der Waals surface area contributed by atoms with Gasteiger partial charge in [0.15, 0.2) is 0 Å². The van der Waals surface area contributed by atoms with Crippen LogP contribution in [0.2, 0.25) is 0 Å². The van der Waals surface area contributed by atoms with Gasteiger partial charge in [-0.15, -0.1) is 0 Å². The Morgan fingerprint density at radius 1 is 1.30 bits per heavy atom. The lowest BCUT2D eigenvalue weighted by Crippen LogP contribution is -1.89. The molecule has 0 atom stereocenters. The number of hydrogen-bond acceptors (Lipinski definition) is 1. The third-order valence-corrected chi connectivity index (χ3v) is 1.56. The van der Waals surface area contributed by atoms with E-state index < -0.39 is 0 Å². The minimum atomic E-state index is 0.715. The van der Waals surface area contributed by atoms with Crippen LogP contribution in [0, 0.1) is 6.92 Å². The van der Waals surface area contributed by atoms with Crippen LogP contribution in [0.25, 0.3) is 0 Å². The fourth-order valence-electron chi connectivity index (χ4n) is 0.928. The minimum absolute atomic E-state index is 0.715. The van der Waals surface area contributed by atoms with Gasteiger partial charge in [-0.3, -0.25) is 0 Å². The number of hydrogen-bond donors (Lipinski definition) is 0. The summed E-state index contributed by atoms with van der Waals surface area (Å²) in [5.41, 5.74) is 2.56. The second-order valence-electron chi connectivity index (χ2n) is 2.36. The molecule has 0 heterocycles. The van der Waals surface area contributed by atoms with Crippen molar-refractivity contribution >= 4 is 0 Å². The Balaban J connectivity index is 2.81. The summed E-state index contributed by atoms with van der Waals surface area (Å²) in [4.78, 5) is 0. The Morgan fingerprint density at radius 2 is 2.00 bits per heavy atom. The van der Waals surface area contributed by atoms with Gasteiger partial charge in [-0.25, -0.2) is 0 Å². The fraction of sp³-hybridized carbons (Fsp3) is 0.333. The second kappa shape index (κ2) is 3.37. The molecule has 0 bridgehead atoms. The maximum absolute atomic E-state index is 5.01. The summed E-state index contributed by atoms with van der Waals surface area (Å²) in [6.07, 6.45) is 0. The molecule has 0 saturated carbocycles. The highest BCUT2D eigenvalue weighted by Crippen LogP contribution is 2.06. The molecule has 0 saturated heterocycles. The third kappa shape index (κ3) is 1.58. The zero-order valence-corrected chi connectivity index (χ0v) is 6.42. The lowest BCUT2D eigenvalue weighted by molar-refractivity contribution is 0.184. The summed E-state index contributed by atoms with van der Waals surface area (Å²) in [5, 5.41) is 0. The topological polar surface area (TPSA) is 9.23 Å². The van der Waals surface area contributed by atoms with Crippen molar-refractivity contribution in [3.63, 3.8) is 0 Å². The summed E-state index contributed by atoms with van der Waals surface area (Å²) in [6, 6.07) is 8.24. The van der Waals surface area contributed by atoms with E-state index in [1.807, 2.05) is 12.1 Å². The highest BCUT2D eigenvalue weighted by atomic mass is 16.5. The van der Waals surface area contributed by atoms with Gasteiger partial charge in [0.25, 0.3) is 0 Å². The number of benzene rings is 1. The van der Waals surface area contributed by atoms with Crippen molar-refractivity contribution in [2.75, 3.05) is 7.11 Å². The van der Waals surface area contributed by atoms with Gasteiger partial charge in [-0.2, -0.15) is 0 Å². The van der Waals surface area contributed by atoms with Gasteiger partial charge in [0.2, 0.25) is 0 Å². The first kappa shape index (κ1) is 7.29. The van der Waals surface area contributed by atoms with Crippen molar-refractivity contribution in [2.45, 2.75) is 13.5 Å². The van der Waals surface area contributed by atoms with Gasteiger partial charge in [0, 0.05) is 7.11 Å². The summed E-state index contributed by atoms with van der Waals surface area (Å²) >= 11 is 0. The van der Waals surface area contributed by atoms with Crippen molar-refractivity contribution in [2.24, 2.45) is 0 Å². The summed E-state index contributed by atoms with van der Waals surface area (Å²) in [5.74, 6) is 0. The normalized spacial score (nSPS) is 9.80. The van der Waals surface area contributed by atoms with E-state index in [-0.39, 0.29) is 0 Å². The molecular weight excluding hydrogens is 124 g/mol. The van der Waals surface area contributed by atoms with Gasteiger partial charge in [-0.05, 0) is 18.1 Å². The summed E-state index contributed by atoms with van der Waals surface area (Å²) in [6.45, 7) is 2.81.